The van der Waals surface area contributed by atoms with Gasteiger partial charge in [-0.2, -0.15) is 0 Å². The first-order chi connectivity index (χ1) is 3.39. The average Bonchev–Trinajstić information content (AvgIpc) is 1.69. The average molecular weight is 136 g/mol. The molecule has 0 bridgehead atoms. The Kier molecular flexibility index (Phi) is 2.06. The van der Waals surface area contributed by atoms with Crippen LogP contribution >= 0.6 is 0 Å². The van der Waals surface area contributed by atoms with Crippen LogP contribution in [0.15, 0.2) is 0 Å². The van der Waals surface area contributed by atoms with Crippen molar-refractivity contribution >= 4 is 4.57 Å². The SMILES string of the molecule is [Cr]=[C]1CCCCO1. The van der Waals surface area contributed by atoms with Crippen molar-refractivity contribution in [3.05, 3.63) is 0 Å². The molecular weight excluding hydrogens is 128 g/mol. The van der Waals surface area contributed by atoms with Crippen LogP contribution in [-0.2, 0) is 20.6 Å². The molecule has 1 rings (SSSR count). The van der Waals surface area contributed by atoms with Crippen LogP contribution in [0.3, 0.4) is 0 Å². The normalized spacial score (nSPS) is 22.6. The summed E-state index contributed by atoms with van der Waals surface area (Å²) < 4.78 is 6.23. The zero-order valence-electron chi connectivity index (χ0n) is 4.14. The Bertz CT molecular complexity index is 72.1. The van der Waals surface area contributed by atoms with Gasteiger partial charge in [-0.05, 0) is 0 Å². The van der Waals surface area contributed by atoms with Gasteiger partial charge in [0.2, 0.25) is 0 Å². The molecule has 1 saturated heterocycles. The van der Waals surface area contributed by atoms with E-state index in [0.717, 1.165) is 17.6 Å². The van der Waals surface area contributed by atoms with Gasteiger partial charge >= 0.3 is 51.0 Å². The summed E-state index contributed by atoms with van der Waals surface area (Å²) in [5, 5.41) is 0. The van der Waals surface area contributed by atoms with Crippen LogP contribution in [0.2, 0.25) is 0 Å². The van der Waals surface area contributed by atoms with Gasteiger partial charge in [-0.15, -0.1) is 0 Å². The molecule has 2 heteroatoms. The molecule has 0 aliphatic carbocycles. The van der Waals surface area contributed by atoms with Gasteiger partial charge in [0.15, 0.2) is 0 Å². The van der Waals surface area contributed by atoms with Crippen molar-refractivity contribution in [3.63, 3.8) is 0 Å². The third kappa shape index (κ3) is 1.73. The van der Waals surface area contributed by atoms with E-state index in [-0.39, 0.29) is 0 Å². The van der Waals surface area contributed by atoms with E-state index in [9.17, 15) is 0 Å². The molecule has 7 heavy (non-hydrogen) atoms. The summed E-state index contributed by atoms with van der Waals surface area (Å²) in [5.74, 6) is 0. The number of rotatable bonds is 0. The van der Waals surface area contributed by atoms with Crippen LogP contribution in [0.5, 0.6) is 0 Å². The monoisotopic (exact) mass is 136 g/mol. The third-order valence-electron chi connectivity index (χ3n) is 1.04. The van der Waals surface area contributed by atoms with E-state index in [1.807, 2.05) is 0 Å². The molecule has 1 aliphatic heterocycles. The molecule has 40 valence electrons. The summed E-state index contributed by atoms with van der Waals surface area (Å²) in [6.45, 7) is 0.919. The topological polar surface area (TPSA) is 9.23 Å². The van der Waals surface area contributed by atoms with Crippen LogP contribution in [0.25, 0.3) is 0 Å². The van der Waals surface area contributed by atoms with Crippen molar-refractivity contribution in [3.8, 4) is 0 Å². The summed E-state index contributed by atoms with van der Waals surface area (Å²) in [5.41, 5.74) is 0. The van der Waals surface area contributed by atoms with Gasteiger partial charge in [-0.3, -0.25) is 0 Å². The van der Waals surface area contributed by atoms with E-state index in [2.05, 4.69) is 15.9 Å². The van der Waals surface area contributed by atoms with Crippen molar-refractivity contribution in [2.75, 3.05) is 6.61 Å². The van der Waals surface area contributed by atoms with Crippen LogP contribution < -0.4 is 0 Å². The molecule has 0 aromatic heterocycles. The Balaban J connectivity index is 2.25. The van der Waals surface area contributed by atoms with Crippen molar-refractivity contribution in [2.45, 2.75) is 19.3 Å². The summed E-state index contributed by atoms with van der Waals surface area (Å²) >= 11 is 2.87. The third-order valence-corrected chi connectivity index (χ3v) is 1.54. The zero-order chi connectivity index (χ0) is 5.11. The molecule has 1 heterocycles. The Hall–Kier alpha value is 0.362. The molecule has 1 nitrogen and oxygen atoms in total. The summed E-state index contributed by atoms with van der Waals surface area (Å²) in [4.78, 5) is 0. The molecule has 0 spiro atoms. The molecule has 0 aromatic carbocycles. The van der Waals surface area contributed by atoms with E-state index in [1.165, 1.54) is 12.8 Å². The maximum atomic E-state index is 5.14. The molecule has 0 amide bonds. The molecule has 1 fully saturated rings. The maximum absolute atomic E-state index is 5.14. The minimum absolute atomic E-state index is 0.919. The number of ether oxygens (including phenoxy) is 1. The fourth-order valence-electron chi connectivity index (χ4n) is 0.630. The second-order valence-electron chi connectivity index (χ2n) is 1.68. The predicted octanol–water partition coefficient (Wildman–Crippen LogP) is 0.864. The van der Waals surface area contributed by atoms with E-state index in [1.54, 1.807) is 0 Å². The van der Waals surface area contributed by atoms with Crippen molar-refractivity contribution < 1.29 is 20.6 Å². The van der Waals surface area contributed by atoms with E-state index in [4.69, 9.17) is 4.74 Å². The van der Waals surface area contributed by atoms with Crippen molar-refractivity contribution in [1.29, 1.82) is 0 Å². The molecule has 1 aliphatic rings. The number of hydrogen-bond donors (Lipinski definition) is 0. The van der Waals surface area contributed by atoms with Crippen LogP contribution in [0, 0.1) is 0 Å². The predicted molar refractivity (Wildman–Crippen MR) is 24.8 cm³/mol. The van der Waals surface area contributed by atoms with Crippen LogP contribution in [0.1, 0.15) is 19.3 Å². The molecule has 0 unspecified atom stereocenters. The molecular formula is C5H8CrO. The summed E-state index contributed by atoms with van der Waals surface area (Å²) in [7, 11) is 0. The quantitative estimate of drug-likeness (QED) is 0.480. The molecule has 0 aromatic rings. The standard InChI is InChI=1S/C5H8O.Cr/c1-2-4-6-5-3-1;/h1-4H2;. The summed E-state index contributed by atoms with van der Waals surface area (Å²) in [6, 6.07) is 0. The molecule has 0 atom stereocenters. The van der Waals surface area contributed by atoms with Gasteiger partial charge in [0.25, 0.3) is 0 Å². The first kappa shape index (κ1) is 5.50. The van der Waals surface area contributed by atoms with Crippen molar-refractivity contribution in [2.24, 2.45) is 0 Å². The van der Waals surface area contributed by atoms with Crippen LogP contribution in [0.4, 0.5) is 0 Å². The fraction of sp³-hybridized carbons (Fsp3) is 0.800. The van der Waals surface area contributed by atoms with Gasteiger partial charge in [0, 0.05) is 0 Å². The van der Waals surface area contributed by atoms with Gasteiger partial charge in [-0.1, -0.05) is 0 Å². The van der Waals surface area contributed by atoms with Gasteiger partial charge < -0.3 is 0 Å². The first-order valence-corrected chi connectivity index (χ1v) is 3.19. The summed E-state index contributed by atoms with van der Waals surface area (Å²) in [6.07, 6.45) is 3.65. The van der Waals surface area contributed by atoms with E-state index in [0.29, 0.717) is 0 Å². The van der Waals surface area contributed by atoms with E-state index < -0.39 is 0 Å². The Labute approximate surface area is 51.6 Å². The number of hydrogen-bond acceptors (Lipinski definition) is 1. The van der Waals surface area contributed by atoms with Crippen molar-refractivity contribution in [1.82, 2.24) is 0 Å². The first-order valence-electron chi connectivity index (χ1n) is 2.55. The van der Waals surface area contributed by atoms with Gasteiger partial charge in [-0.25, -0.2) is 0 Å². The molecule has 0 radical (unpaired) electrons. The fourth-order valence-corrected chi connectivity index (χ4v) is 0.985. The molecule has 0 N–H and O–H groups in total. The van der Waals surface area contributed by atoms with E-state index >= 15 is 0 Å². The van der Waals surface area contributed by atoms with Crippen LogP contribution in [-0.4, -0.2) is 11.2 Å². The zero-order valence-corrected chi connectivity index (χ0v) is 5.42. The Morgan fingerprint density at radius 2 is 2.29 bits per heavy atom. The second kappa shape index (κ2) is 2.62. The Morgan fingerprint density at radius 1 is 1.43 bits per heavy atom. The Morgan fingerprint density at radius 3 is 2.57 bits per heavy atom. The minimum atomic E-state index is 0.919. The molecule has 0 saturated carbocycles. The second-order valence-corrected chi connectivity index (χ2v) is 2.39. The van der Waals surface area contributed by atoms with Gasteiger partial charge in [0.05, 0.1) is 0 Å². The van der Waals surface area contributed by atoms with Gasteiger partial charge in [0.1, 0.15) is 0 Å².